The fraction of sp³-hybridized carbons (Fsp3) is 0.947. The van der Waals surface area contributed by atoms with Crippen LogP contribution in [-0.2, 0) is 4.74 Å². The third-order valence-electron chi connectivity index (χ3n) is 6.32. The Labute approximate surface area is 152 Å². The number of hydrogen-bond donors (Lipinski definition) is 1. The average molecular weight is 354 g/mol. The lowest BCUT2D eigenvalue weighted by atomic mass is 9.98. The highest BCUT2D eigenvalue weighted by atomic mass is 16.6. The smallest absolute Gasteiger partial charge is 0.409 e. The maximum absolute atomic E-state index is 11.9. The topological polar surface area (TPSA) is 56.2 Å². The van der Waals surface area contributed by atoms with E-state index < -0.39 is 0 Å². The minimum atomic E-state index is -0.162. The number of piperazine rings is 1. The molecule has 1 saturated carbocycles. The molecular weight excluding hydrogens is 318 g/mol. The zero-order chi connectivity index (χ0) is 17.6. The molecule has 0 aromatic carbocycles. The molecule has 1 atom stereocenters. The van der Waals surface area contributed by atoms with Gasteiger partial charge in [-0.2, -0.15) is 0 Å². The van der Waals surface area contributed by atoms with Crippen molar-refractivity contribution in [1.82, 2.24) is 14.7 Å². The van der Waals surface area contributed by atoms with Gasteiger partial charge in [-0.15, -0.1) is 0 Å². The van der Waals surface area contributed by atoms with E-state index in [1.54, 1.807) is 0 Å². The van der Waals surface area contributed by atoms with Gasteiger partial charge in [0.15, 0.2) is 0 Å². The van der Waals surface area contributed by atoms with E-state index in [0.29, 0.717) is 18.7 Å². The van der Waals surface area contributed by atoms with Crippen molar-refractivity contribution < 1.29 is 14.6 Å². The van der Waals surface area contributed by atoms with Crippen molar-refractivity contribution in [3.63, 3.8) is 0 Å². The summed E-state index contributed by atoms with van der Waals surface area (Å²) in [7, 11) is 0. The van der Waals surface area contributed by atoms with Crippen LogP contribution in [0.1, 0.15) is 51.9 Å². The van der Waals surface area contributed by atoms with Crippen molar-refractivity contribution in [1.29, 1.82) is 0 Å². The fourth-order valence-electron chi connectivity index (χ4n) is 4.98. The van der Waals surface area contributed by atoms with Gasteiger partial charge >= 0.3 is 6.09 Å². The highest BCUT2D eigenvalue weighted by Crippen LogP contribution is 2.29. The number of likely N-dealkylation sites (tertiary alicyclic amines) is 1. The van der Waals surface area contributed by atoms with E-state index in [1.807, 2.05) is 11.8 Å². The first-order chi connectivity index (χ1) is 12.2. The quantitative estimate of drug-likeness (QED) is 0.818. The number of amides is 1. The Morgan fingerprint density at radius 3 is 2.40 bits per heavy atom. The van der Waals surface area contributed by atoms with Gasteiger partial charge in [-0.3, -0.25) is 9.80 Å². The molecule has 1 N–H and O–H groups in total. The van der Waals surface area contributed by atoms with Crippen LogP contribution in [0.5, 0.6) is 0 Å². The van der Waals surface area contributed by atoms with Crippen molar-refractivity contribution >= 4 is 6.09 Å². The summed E-state index contributed by atoms with van der Waals surface area (Å²) in [6, 6.07) is 1.80. The Balaban J connectivity index is 1.51. The van der Waals surface area contributed by atoms with Gasteiger partial charge < -0.3 is 14.7 Å². The first-order valence-electron chi connectivity index (χ1n) is 10.2. The fourth-order valence-corrected chi connectivity index (χ4v) is 4.98. The standard InChI is InChI=1S/C19H35N3O3/c1-2-25-19(24)20-10-7-16(8-11-20)21-12-13-22(17-5-3-4-6-17)18(15-21)9-14-23/h16-18,23H,2-15H2,1H3/t18-/m1/s1. The van der Waals surface area contributed by atoms with Crippen molar-refractivity contribution in [2.75, 3.05) is 45.9 Å². The van der Waals surface area contributed by atoms with Crippen LogP contribution in [0, 0.1) is 0 Å². The van der Waals surface area contributed by atoms with Crippen LogP contribution < -0.4 is 0 Å². The van der Waals surface area contributed by atoms with E-state index in [1.165, 1.54) is 25.7 Å². The molecule has 2 heterocycles. The van der Waals surface area contributed by atoms with Crippen LogP contribution in [0.3, 0.4) is 0 Å². The Kier molecular flexibility index (Phi) is 6.96. The zero-order valence-electron chi connectivity index (χ0n) is 15.7. The van der Waals surface area contributed by atoms with Crippen LogP contribution in [-0.4, -0.2) is 90.0 Å². The summed E-state index contributed by atoms with van der Waals surface area (Å²) in [5.41, 5.74) is 0. The normalized spacial score (nSPS) is 27.8. The maximum atomic E-state index is 11.9. The van der Waals surface area contributed by atoms with Crippen molar-refractivity contribution in [3.8, 4) is 0 Å². The second-order valence-electron chi connectivity index (χ2n) is 7.75. The minimum absolute atomic E-state index is 0.162. The molecule has 3 aliphatic rings. The zero-order valence-corrected chi connectivity index (χ0v) is 15.7. The summed E-state index contributed by atoms with van der Waals surface area (Å²) in [5, 5.41) is 9.52. The summed E-state index contributed by atoms with van der Waals surface area (Å²) < 4.78 is 5.12. The third-order valence-corrected chi connectivity index (χ3v) is 6.32. The number of carbonyl (C=O) groups is 1. The molecule has 0 unspecified atom stereocenters. The van der Waals surface area contributed by atoms with Crippen molar-refractivity contribution in [2.45, 2.75) is 70.0 Å². The molecule has 0 radical (unpaired) electrons. The molecule has 0 bridgehead atoms. The molecule has 3 rings (SSSR count). The monoisotopic (exact) mass is 353 g/mol. The lowest BCUT2D eigenvalue weighted by Gasteiger charge is -2.48. The first-order valence-corrected chi connectivity index (χ1v) is 10.2. The number of aliphatic hydroxyl groups excluding tert-OH is 1. The lowest BCUT2D eigenvalue weighted by Crippen LogP contribution is -2.59. The summed E-state index contributed by atoms with van der Waals surface area (Å²) in [6.45, 7) is 7.52. The largest absolute Gasteiger partial charge is 0.450 e. The highest BCUT2D eigenvalue weighted by molar-refractivity contribution is 5.67. The highest BCUT2D eigenvalue weighted by Gasteiger charge is 2.36. The molecular formula is C19H35N3O3. The molecule has 6 nitrogen and oxygen atoms in total. The Morgan fingerprint density at radius 1 is 1.04 bits per heavy atom. The van der Waals surface area contributed by atoms with Crippen LogP contribution in [0.4, 0.5) is 4.79 Å². The molecule has 25 heavy (non-hydrogen) atoms. The van der Waals surface area contributed by atoms with E-state index in [-0.39, 0.29) is 12.7 Å². The molecule has 0 aromatic rings. The van der Waals surface area contributed by atoms with Crippen molar-refractivity contribution in [2.24, 2.45) is 0 Å². The van der Waals surface area contributed by atoms with Gasteiger partial charge in [-0.1, -0.05) is 12.8 Å². The van der Waals surface area contributed by atoms with E-state index in [2.05, 4.69) is 9.80 Å². The maximum Gasteiger partial charge on any atom is 0.409 e. The number of aliphatic hydroxyl groups is 1. The van der Waals surface area contributed by atoms with Gasteiger partial charge in [0.2, 0.25) is 0 Å². The second-order valence-corrected chi connectivity index (χ2v) is 7.75. The van der Waals surface area contributed by atoms with Crippen LogP contribution in [0.2, 0.25) is 0 Å². The number of piperidine rings is 1. The molecule has 2 aliphatic heterocycles. The Bertz CT molecular complexity index is 420. The predicted molar refractivity (Wildman–Crippen MR) is 97.6 cm³/mol. The van der Waals surface area contributed by atoms with Gasteiger partial charge in [0.25, 0.3) is 0 Å². The van der Waals surface area contributed by atoms with E-state index in [0.717, 1.165) is 58.0 Å². The molecule has 144 valence electrons. The van der Waals surface area contributed by atoms with Gasteiger partial charge in [-0.05, 0) is 39.0 Å². The third kappa shape index (κ3) is 4.66. The van der Waals surface area contributed by atoms with Crippen LogP contribution >= 0.6 is 0 Å². The van der Waals surface area contributed by atoms with E-state index in [9.17, 15) is 9.90 Å². The summed E-state index contributed by atoms with van der Waals surface area (Å²) in [4.78, 5) is 19.0. The Morgan fingerprint density at radius 2 is 1.76 bits per heavy atom. The molecule has 0 aromatic heterocycles. The van der Waals surface area contributed by atoms with Gasteiger partial charge in [-0.25, -0.2) is 4.79 Å². The molecule has 1 amide bonds. The van der Waals surface area contributed by atoms with Crippen LogP contribution in [0.15, 0.2) is 0 Å². The van der Waals surface area contributed by atoms with Gasteiger partial charge in [0.1, 0.15) is 0 Å². The van der Waals surface area contributed by atoms with Crippen molar-refractivity contribution in [3.05, 3.63) is 0 Å². The SMILES string of the molecule is CCOC(=O)N1CCC(N2CCN(C3CCCC3)[C@H](CCO)C2)CC1. The first kappa shape index (κ1) is 18.9. The molecule has 3 fully saturated rings. The molecule has 0 spiro atoms. The van der Waals surface area contributed by atoms with E-state index >= 15 is 0 Å². The molecule has 6 heteroatoms. The summed E-state index contributed by atoms with van der Waals surface area (Å²) >= 11 is 0. The molecule has 1 aliphatic carbocycles. The number of rotatable bonds is 5. The predicted octanol–water partition coefficient (Wildman–Crippen LogP) is 1.92. The lowest BCUT2D eigenvalue weighted by molar-refractivity contribution is -0.00274. The number of ether oxygens (including phenoxy) is 1. The second kappa shape index (κ2) is 9.19. The number of hydrogen-bond acceptors (Lipinski definition) is 5. The van der Waals surface area contributed by atoms with Gasteiger partial charge in [0.05, 0.1) is 6.61 Å². The Hall–Kier alpha value is -0.850. The van der Waals surface area contributed by atoms with Crippen LogP contribution in [0.25, 0.3) is 0 Å². The number of carbonyl (C=O) groups excluding carboxylic acids is 1. The van der Waals surface area contributed by atoms with Gasteiger partial charge in [0, 0.05) is 57.5 Å². The molecule has 2 saturated heterocycles. The van der Waals surface area contributed by atoms with E-state index in [4.69, 9.17) is 4.74 Å². The number of nitrogens with zero attached hydrogens (tertiary/aromatic N) is 3. The summed E-state index contributed by atoms with van der Waals surface area (Å²) in [5.74, 6) is 0. The minimum Gasteiger partial charge on any atom is -0.450 e. The average Bonchev–Trinajstić information content (AvgIpc) is 3.17. The summed E-state index contributed by atoms with van der Waals surface area (Å²) in [6.07, 6.45) is 8.19.